The van der Waals surface area contributed by atoms with E-state index in [1.807, 2.05) is 48.5 Å². The normalized spacial score (nSPS) is 25.0. The highest BCUT2D eigenvalue weighted by Crippen LogP contribution is 2.49. The molecule has 114 valence electrons. The van der Waals surface area contributed by atoms with Gasteiger partial charge in [-0.2, -0.15) is 0 Å². The van der Waals surface area contributed by atoms with Crippen molar-refractivity contribution < 1.29 is 9.59 Å². The number of anilines is 2. The molecular weight excluding hydrogens is 290 g/mol. The number of benzene rings is 2. The van der Waals surface area contributed by atoms with Crippen LogP contribution in [0.25, 0.3) is 0 Å². The SMILES string of the molecule is O=C1c2ccccc2N[C@]2(C(=O)Nc3ccccc32)N1C1CC1. The zero-order valence-corrected chi connectivity index (χ0v) is 12.4. The molecule has 2 heterocycles. The van der Waals surface area contributed by atoms with Gasteiger partial charge in [0.1, 0.15) is 0 Å². The van der Waals surface area contributed by atoms with E-state index in [-0.39, 0.29) is 17.9 Å². The molecule has 23 heavy (non-hydrogen) atoms. The van der Waals surface area contributed by atoms with E-state index in [4.69, 9.17) is 0 Å². The van der Waals surface area contributed by atoms with E-state index in [2.05, 4.69) is 10.6 Å². The molecule has 1 saturated carbocycles. The molecule has 3 aliphatic rings. The van der Waals surface area contributed by atoms with Gasteiger partial charge in [0, 0.05) is 23.0 Å². The van der Waals surface area contributed by atoms with Gasteiger partial charge in [-0.25, -0.2) is 0 Å². The predicted molar refractivity (Wildman–Crippen MR) is 86.0 cm³/mol. The molecule has 5 rings (SSSR count). The van der Waals surface area contributed by atoms with Crippen molar-refractivity contribution in [2.75, 3.05) is 10.6 Å². The van der Waals surface area contributed by atoms with Gasteiger partial charge in [-0.05, 0) is 31.0 Å². The van der Waals surface area contributed by atoms with Crippen molar-refractivity contribution >= 4 is 23.2 Å². The van der Waals surface area contributed by atoms with Crippen molar-refractivity contribution in [3.63, 3.8) is 0 Å². The molecule has 2 N–H and O–H groups in total. The maximum Gasteiger partial charge on any atom is 0.276 e. The molecular formula is C18H15N3O2. The van der Waals surface area contributed by atoms with Gasteiger partial charge in [-0.3, -0.25) is 9.59 Å². The van der Waals surface area contributed by atoms with Gasteiger partial charge in [-0.1, -0.05) is 30.3 Å². The molecule has 1 atom stereocenters. The Bertz CT molecular complexity index is 859. The second kappa shape index (κ2) is 4.13. The molecule has 0 aromatic heterocycles. The lowest BCUT2D eigenvalue weighted by Gasteiger charge is -2.44. The Balaban J connectivity index is 1.79. The molecule has 5 heteroatoms. The molecule has 0 bridgehead atoms. The summed E-state index contributed by atoms with van der Waals surface area (Å²) in [6, 6.07) is 15.1. The first-order valence-electron chi connectivity index (χ1n) is 7.83. The largest absolute Gasteiger partial charge is 0.350 e. The van der Waals surface area contributed by atoms with Crippen LogP contribution in [0, 0.1) is 0 Å². The van der Waals surface area contributed by atoms with E-state index < -0.39 is 5.66 Å². The summed E-state index contributed by atoms with van der Waals surface area (Å²) in [4.78, 5) is 27.8. The van der Waals surface area contributed by atoms with Crippen LogP contribution in [0.3, 0.4) is 0 Å². The Morgan fingerprint density at radius 2 is 1.65 bits per heavy atom. The minimum Gasteiger partial charge on any atom is -0.350 e. The van der Waals surface area contributed by atoms with Crippen LogP contribution in [-0.4, -0.2) is 22.8 Å². The second-order valence-corrected chi connectivity index (χ2v) is 6.29. The van der Waals surface area contributed by atoms with Gasteiger partial charge in [0.25, 0.3) is 11.8 Å². The number of rotatable bonds is 1. The van der Waals surface area contributed by atoms with E-state index in [9.17, 15) is 9.59 Å². The van der Waals surface area contributed by atoms with Crippen LogP contribution in [-0.2, 0) is 10.5 Å². The number of amides is 2. The first-order chi connectivity index (χ1) is 11.2. The summed E-state index contributed by atoms with van der Waals surface area (Å²) in [5.74, 6) is -0.262. The maximum atomic E-state index is 13.1. The van der Waals surface area contributed by atoms with Crippen molar-refractivity contribution in [1.29, 1.82) is 0 Å². The fourth-order valence-corrected chi connectivity index (χ4v) is 3.69. The molecule has 0 saturated heterocycles. The third-order valence-electron chi connectivity index (χ3n) is 4.86. The van der Waals surface area contributed by atoms with Crippen LogP contribution in [0.2, 0.25) is 0 Å². The fourth-order valence-electron chi connectivity index (χ4n) is 3.69. The number of hydrogen-bond donors (Lipinski definition) is 2. The molecule has 0 unspecified atom stereocenters. The van der Waals surface area contributed by atoms with Gasteiger partial charge < -0.3 is 15.5 Å². The summed E-state index contributed by atoms with van der Waals surface area (Å²) in [5, 5.41) is 6.30. The lowest BCUT2D eigenvalue weighted by atomic mass is 9.93. The smallest absolute Gasteiger partial charge is 0.276 e. The van der Waals surface area contributed by atoms with Gasteiger partial charge in [0.2, 0.25) is 5.66 Å². The first kappa shape index (κ1) is 12.7. The summed E-state index contributed by atoms with van der Waals surface area (Å²) in [6.07, 6.45) is 1.87. The Morgan fingerprint density at radius 3 is 2.43 bits per heavy atom. The molecule has 2 aromatic rings. The van der Waals surface area contributed by atoms with Crippen molar-refractivity contribution in [1.82, 2.24) is 4.90 Å². The molecule has 1 spiro atoms. The highest BCUT2D eigenvalue weighted by atomic mass is 16.2. The number of nitrogens with one attached hydrogen (secondary N) is 2. The second-order valence-electron chi connectivity index (χ2n) is 6.29. The summed E-state index contributed by atoms with van der Waals surface area (Å²) in [7, 11) is 0. The Morgan fingerprint density at radius 1 is 0.957 bits per heavy atom. The minimum absolute atomic E-state index is 0.0753. The topological polar surface area (TPSA) is 61.4 Å². The quantitative estimate of drug-likeness (QED) is 0.851. The van der Waals surface area contributed by atoms with Crippen LogP contribution in [0.5, 0.6) is 0 Å². The molecule has 2 aromatic carbocycles. The average Bonchev–Trinajstić information content (AvgIpc) is 3.35. The number of hydrogen-bond acceptors (Lipinski definition) is 3. The Labute approximate surface area is 133 Å². The summed E-state index contributed by atoms with van der Waals surface area (Å²) in [6.45, 7) is 0. The van der Waals surface area contributed by atoms with E-state index >= 15 is 0 Å². The van der Waals surface area contributed by atoms with Crippen LogP contribution in [0.1, 0.15) is 28.8 Å². The third kappa shape index (κ3) is 1.51. The maximum absolute atomic E-state index is 13.1. The van der Waals surface area contributed by atoms with Crippen LogP contribution >= 0.6 is 0 Å². The van der Waals surface area contributed by atoms with Crippen molar-refractivity contribution in [3.05, 3.63) is 59.7 Å². The summed E-state index contributed by atoms with van der Waals surface area (Å²) in [5.41, 5.74) is 1.79. The van der Waals surface area contributed by atoms with E-state index in [1.54, 1.807) is 4.90 Å². The molecule has 1 aliphatic carbocycles. The van der Waals surface area contributed by atoms with Gasteiger partial charge in [0.15, 0.2) is 0 Å². The third-order valence-corrected chi connectivity index (χ3v) is 4.86. The lowest BCUT2D eigenvalue weighted by molar-refractivity contribution is -0.125. The number of carbonyl (C=O) groups is 2. The highest BCUT2D eigenvalue weighted by Gasteiger charge is 2.59. The van der Waals surface area contributed by atoms with Crippen LogP contribution in [0.4, 0.5) is 11.4 Å². The summed E-state index contributed by atoms with van der Waals surface area (Å²) >= 11 is 0. The van der Waals surface area contributed by atoms with Crippen molar-refractivity contribution in [2.24, 2.45) is 0 Å². The van der Waals surface area contributed by atoms with Gasteiger partial charge in [0.05, 0.1) is 5.56 Å². The standard InChI is InChI=1S/C18H15N3O2/c22-16-12-5-1-3-7-14(12)20-18(21(16)11-9-10-11)13-6-2-4-8-15(13)19-17(18)23/h1-8,11,20H,9-10H2,(H,19,23)/t18-/m0/s1. The van der Waals surface area contributed by atoms with Gasteiger partial charge >= 0.3 is 0 Å². The monoisotopic (exact) mass is 305 g/mol. The molecule has 1 fully saturated rings. The fraction of sp³-hybridized carbons (Fsp3) is 0.222. The number of nitrogens with zero attached hydrogens (tertiary/aromatic N) is 1. The van der Waals surface area contributed by atoms with E-state index in [0.29, 0.717) is 11.3 Å². The Kier molecular flexibility index (Phi) is 2.28. The van der Waals surface area contributed by atoms with Gasteiger partial charge in [-0.15, -0.1) is 0 Å². The van der Waals surface area contributed by atoms with E-state index in [1.165, 1.54) is 0 Å². The average molecular weight is 305 g/mol. The number of fused-ring (bicyclic) bond motifs is 3. The van der Waals surface area contributed by atoms with Crippen LogP contribution in [0.15, 0.2) is 48.5 Å². The van der Waals surface area contributed by atoms with Crippen molar-refractivity contribution in [3.8, 4) is 0 Å². The molecule has 0 radical (unpaired) electrons. The predicted octanol–water partition coefficient (Wildman–Crippen LogP) is 2.52. The van der Waals surface area contributed by atoms with Crippen LogP contribution < -0.4 is 10.6 Å². The molecule has 5 nitrogen and oxygen atoms in total. The minimum atomic E-state index is -1.14. The molecule has 2 amide bonds. The first-order valence-corrected chi connectivity index (χ1v) is 7.83. The number of para-hydroxylation sites is 2. The van der Waals surface area contributed by atoms with Crippen molar-refractivity contribution in [2.45, 2.75) is 24.5 Å². The zero-order valence-electron chi connectivity index (χ0n) is 12.4. The highest BCUT2D eigenvalue weighted by molar-refractivity contribution is 6.14. The lowest BCUT2D eigenvalue weighted by Crippen LogP contribution is -2.62. The molecule has 2 aliphatic heterocycles. The van der Waals surface area contributed by atoms with E-state index in [0.717, 1.165) is 24.1 Å². The number of carbonyl (C=O) groups excluding carboxylic acids is 2. The Hall–Kier alpha value is -2.82. The summed E-state index contributed by atoms with van der Waals surface area (Å²) < 4.78 is 0. The zero-order chi connectivity index (χ0) is 15.6.